The highest BCUT2D eigenvalue weighted by atomic mass is 19.4. The molecule has 0 saturated heterocycles. The van der Waals surface area contributed by atoms with Crippen LogP contribution in [0.4, 0.5) is 13.2 Å². The summed E-state index contributed by atoms with van der Waals surface area (Å²) in [6.07, 6.45) is -3.53. The Labute approximate surface area is 134 Å². The molecular weight excluding hydrogens is 311 g/mol. The Morgan fingerprint density at radius 1 is 1.22 bits per heavy atom. The number of hydrogen-bond acceptors (Lipinski definition) is 3. The second kappa shape index (κ2) is 10.2. The first-order valence-electron chi connectivity index (χ1n) is 7.42. The van der Waals surface area contributed by atoms with Crippen molar-refractivity contribution in [3.8, 4) is 0 Å². The number of nitrogens with one attached hydrogen (secondary N) is 1. The Hall–Kier alpha value is -1.60. The van der Waals surface area contributed by atoms with Crippen LogP contribution in [0.2, 0.25) is 0 Å². The van der Waals surface area contributed by atoms with Crippen LogP contribution in [0.1, 0.15) is 25.3 Å². The summed E-state index contributed by atoms with van der Waals surface area (Å²) in [5.41, 5.74) is 1.06. The van der Waals surface area contributed by atoms with Gasteiger partial charge < -0.3 is 14.8 Å². The number of hydrogen-bond donors (Lipinski definition) is 1. The Bertz CT molecular complexity index is 452. The highest BCUT2D eigenvalue weighted by Gasteiger charge is 2.27. The lowest BCUT2D eigenvalue weighted by Gasteiger charge is -2.15. The van der Waals surface area contributed by atoms with Gasteiger partial charge in [0.1, 0.15) is 6.61 Å². The van der Waals surface area contributed by atoms with Crippen molar-refractivity contribution in [2.75, 3.05) is 19.8 Å². The van der Waals surface area contributed by atoms with Crippen molar-refractivity contribution in [3.63, 3.8) is 0 Å². The van der Waals surface area contributed by atoms with Crippen LogP contribution in [-0.4, -0.2) is 37.9 Å². The minimum Gasteiger partial charge on any atom is -0.377 e. The van der Waals surface area contributed by atoms with E-state index in [4.69, 9.17) is 4.74 Å². The number of carbonyl (C=O) groups excluding carboxylic acids is 1. The maximum absolute atomic E-state index is 11.9. The number of benzene rings is 1. The molecule has 7 heteroatoms. The zero-order chi connectivity index (χ0) is 17.1. The van der Waals surface area contributed by atoms with E-state index < -0.39 is 18.8 Å². The van der Waals surface area contributed by atoms with Crippen LogP contribution in [0.25, 0.3) is 0 Å². The van der Waals surface area contributed by atoms with Crippen molar-refractivity contribution in [3.05, 3.63) is 35.9 Å². The number of alkyl halides is 3. The lowest BCUT2D eigenvalue weighted by molar-refractivity contribution is -0.175. The molecule has 0 heterocycles. The van der Waals surface area contributed by atoms with E-state index in [1.54, 1.807) is 6.92 Å². The fourth-order valence-electron chi connectivity index (χ4n) is 1.84. The summed E-state index contributed by atoms with van der Waals surface area (Å²) in [6.45, 7) is 1.06. The lowest BCUT2D eigenvalue weighted by Crippen LogP contribution is -2.36. The summed E-state index contributed by atoms with van der Waals surface area (Å²) in [7, 11) is 0. The van der Waals surface area contributed by atoms with Gasteiger partial charge in [-0.25, -0.2) is 0 Å². The van der Waals surface area contributed by atoms with Crippen molar-refractivity contribution in [1.82, 2.24) is 5.32 Å². The molecule has 1 aromatic rings. The molecule has 23 heavy (non-hydrogen) atoms. The zero-order valence-corrected chi connectivity index (χ0v) is 13.1. The van der Waals surface area contributed by atoms with Gasteiger partial charge in [-0.2, -0.15) is 13.2 Å². The average Bonchev–Trinajstić information content (AvgIpc) is 2.46. The predicted molar refractivity (Wildman–Crippen MR) is 79.8 cm³/mol. The molecule has 1 atom stereocenters. The van der Waals surface area contributed by atoms with E-state index in [-0.39, 0.29) is 18.9 Å². The molecule has 1 N–H and O–H groups in total. The molecule has 1 amide bonds. The molecule has 1 rings (SSSR count). The van der Waals surface area contributed by atoms with Crippen LogP contribution in [0.3, 0.4) is 0 Å². The first-order valence-corrected chi connectivity index (χ1v) is 7.42. The molecule has 0 aliphatic carbocycles. The summed E-state index contributed by atoms with van der Waals surface area (Å²) in [5, 5.41) is 2.59. The van der Waals surface area contributed by atoms with Gasteiger partial charge in [0.25, 0.3) is 0 Å². The Morgan fingerprint density at radius 2 is 1.91 bits per heavy atom. The van der Waals surface area contributed by atoms with Gasteiger partial charge in [0, 0.05) is 19.1 Å². The summed E-state index contributed by atoms with van der Waals surface area (Å²) in [6, 6.07) is 9.22. The fraction of sp³-hybridized carbons (Fsp3) is 0.562. The van der Waals surface area contributed by atoms with Crippen LogP contribution in [0, 0.1) is 0 Å². The molecule has 0 radical (unpaired) electrons. The number of ether oxygens (including phenoxy) is 2. The van der Waals surface area contributed by atoms with Gasteiger partial charge in [-0.1, -0.05) is 30.3 Å². The van der Waals surface area contributed by atoms with E-state index >= 15 is 0 Å². The third-order valence-corrected chi connectivity index (χ3v) is 2.85. The molecule has 0 aliphatic heterocycles. The lowest BCUT2D eigenvalue weighted by atomic mass is 10.2. The topological polar surface area (TPSA) is 47.6 Å². The van der Waals surface area contributed by atoms with Gasteiger partial charge in [0.05, 0.1) is 13.2 Å². The van der Waals surface area contributed by atoms with Gasteiger partial charge in [0.2, 0.25) is 5.91 Å². The Kier molecular flexibility index (Phi) is 8.65. The Morgan fingerprint density at radius 3 is 2.57 bits per heavy atom. The molecule has 0 saturated carbocycles. The molecule has 4 nitrogen and oxygen atoms in total. The summed E-state index contributed by atoms with van der Waals surface area (Å²) in [5.74, 6) is -0.226. The van der Waals surface area contributed by atoms with Gasteiger partial charge in [-0.3, -0.25) is 4.79 Å². The highest BCUT2D eigenvalue weighted by Crippen LogP contribution is 2.14. The van der Waals surface area contributed by atoms with Crippen molar-refractivity contribution < 1.29 is 27.4 Å². The minimum absolute atomic E-state index is 0.171. The number of amides is 1. The SMILES string of the molecule is C[C@H](COCC(F)(F)F)NC(=O)CCCOCc1ccccc1. The molecule has 0 unspecified atom stereocenters. The van der Waals surface area contributed by atoms with Crippen LogP contribution >= 0.6 is 0 Å². The molecule has 130 valence electrons. The van der Waals surface area contributed by atoms with Crippen molar-refractivity contribution >= 4 is 5.91 Å². The first-order chi connectivity index (χ1) is 10.9. The minimum atomic E-state index is -4.35. The molecule has 1 aromatic carbocycles. The number of rotatable bonds is 10. The van der Waals surface area contributed by atoms with Crippen LogP contribution in [0.15, 0.2) is 30.3 Å². The second-order valence-corrected chi connectivity index (χ2v) is 5.24. The van der Waals surface area contributed by atoms with E-state index in [0.29, 0.717) is 19.6 Å². The molecule has 0 aliphatic rings. The zero-order valence-electron chi connectivity index (χ0n) is 13.1. The summed E-state index contributed by atoms with van der Waals surface area (Å²) >= 11 is 0. The average molecular weight is 333 g/mol. The van der Waals surface area contributed by atoms with Gasteiger partial charge >= 0.3 is 6.18 Å². The summed E-state index contributed by atoms with van der Waals surface area (Å²) < 4.78 is 45.6. The molecule has 0 bridgehead atoms. The van der Waals surface area contributed by atoms with Gasteiger partial charge in [-0.05, 0) is 18.9 Å². The van der Waals surface area contributed by atoms with Crippen molar-refractivity contribution in [1.29, 1.82) is 0 Å². The van der Waals surface area contributed by atoms with E-state index in [0.717, 1.165) is 5.56 Å². The molecule has 0 spiro atoms. The number of halogens is 3. The van der Waals surface area contributed by atoms with E-state index in [2.05, 4.69) is 10.1 Å². The van der Waals surface area contributed by atoms with Crippen molar-refractivity contribution in [2.24, 2.45) is 0 Å². The predicted octanol–water partition coefficient (Wildman–Crippen LogP) is 3.07. The quantitative estimate of drug-likeness (QED) is 0.670. The maximum Gasteiger partial charge on any atom is 0.411 e. The molecule has 0 fully saturated rings. The normalized spacial score (nSPS) is 12.9. The van der Waals surface area contributed by atoms with Crippen LogP contribution in [0.5, 0.6) is 0 Å². The van der Waals surface area contributed by atoms with E-state index in [1.807, 2.05) is 30.3 Å². The Balaban J connectivity index is 2.03. The highest BCUT2D eigenvalue weighted by molar-refractivity contribution is 5.76. The smallest absolute Gasteiger partial charge is 0.377 e. The van der Waals surface area contributed by atoms with E-state index in [9.17, 15) is 18.0 Å². The van der Waals surface area contributed by atoms with Crippen LogP contribution < -0.4 is 5.32 Å². The van der Waals surface area contributed by atoms with Gasteiger partial charge in [0.15, 0.2) is 0 Å². The van der Waals surface area contributed by atoms with Crippen molar-refractivity contribution in [2.45, 2.75) is 38.6 Å². The van der Waals surface area contributed by atoms with Crippen LogP contribution in [-0.2, 0) is 20.9 Å². The third kappa shape index (κ3) is 10.7. The maximum atomic E-state index is 11.9. The summed E-state index contributed by atoms with van der Waals surface area (Å²) in [4.78, 5) is 11.6. The first kappa shape index (κ1) is 19.4. The number of carbonyl (C=O) groups is 1. The monoisotopic (exact) mass is 333 g/mol. The van der Waals surface area contributed by atoms with Gasteiger partial charge in [-0.15, -0.1) is 0 Å². The second-order valence-electron chi connectivity index (χ2n) is 5.24. The van der Waals surface area contributed by atoms with E-state index in [1.165, 1.54) is 0 Å². The third-order valence-electron chi connectivity index (χ3n) is 2.85. The fourth-order valence-corrected chi connectivity index (χ4v) is 1.84. The molecular formula is C16H22F3NO3. The molecule has 0 aromatic heterocycles. The largest absolute Gasteiger partial charge is 0.411 e. The standard InChI is InChI=1S/C16H22F3NO3/c1-13(10-23-12-16(17,18)19)20-15(21)8-5-9-22-11-14-6-3-2-4-7-14/h2-4,6-7,13H,5,8-12H2,1H3,(H,20,21)/t13-/m1/s1.